The largest absolute Gasteiger partial charge is 0.502 e. The second-order valence-corrected chi connectivity index (χ2v) is 10.9. The van der Waals surface area contributed by atoms with Crippen LogP contribution in [0.15, 0.2) is 64.4 Å². The maximum Gasteiger partial charge on any atom is 0.277 e. The number of hydrogen-bond donors (Lipinski definition) is 1. The van der Waals surface area contributed by atoms with Gasteiger partial charge in [-0.3, -0.25) is 19.3 Å². The fraction of sp³-hybridized carbons (Fsp3) is 0.333. The zero-order valence-corrected chi connectivity index (χ0v) is 19.9. The summed E-state index contributed by atoms with van der Waals surface area (Å²) >= 11 is 1.80. The maximum absolute atomic E-state index is 13.6. The first-order valence-electron chi connectivity index (χ1n) is 12.1. The van der Waals surface area contributed by atoms with Crippen molar-refractivity contribution in [1.82, 2.24) is 9.58 Å². The van der Waals surface area contributed by atoms with Crippen molar-refractivity contribution in [1.29, 1.82) is 0 Å². The highest BCUT2D eigenvalue weighted by molar-refractivity contribution is 7.98. The van der Waals surface area contributed by atoms with E-state index in [0.29, 0.717) is 31.7 Å². The highest BCUT2D eigenvalue weighted by atomic mass is 32.2. The number of benzene rings is 2. The highest BCUT2D eigenvalue weighted by Gasteiger charge is 2.42. The predicted molar refractivity (Wildman–Crippen MR) is 132 cm³/mol. The summed E-state index contributed by atoms with van der Waals surface area (Å²) in [5.74, 6) is 1.75. The molecule has 0 radical (unpaired) electrons. The van der Waals surface area contributed by atoms with Gasteiger partial charge in [-0.1, -0.05) is 30.3 Å². The number of nitrogens with zero attached hydrogens (tertiary/aromatic N) is 3. The number of aromatic hydroxyl groups is 1. The third-order valence-corrected chi connectivity index (χ3v) is 8.89. The van der Waals surface area contributed by atoms with Gasteiger partial charge in [0.2, 0.25) is 5.43 Å². The third kappa shape index (κ3) is 3.19. The van der Waals surface area contributed by atoms with Gasteiger partial charge in [0, 0.05) is 35.0 Å². The lowest BCUT2D eigenvalue weighted by Gasteiger charge is -2.47. The van der Waals surface area contributed by atoms with Crippen LogP contribution in [-0.2, 0) is 5.75 Å². The lowest BCUT2D eigenvalue weighted by atomic mass is 9.75. The number of hydrogen-bond acceptors (Lipinski definition) is 6. The van der Waals surface area contributed by atoms with E-state index in [1.807, 2.05) is 18.2 Å². The quantitative estimate of drug-likeness (QED) is 0.521. The molecule has 0 saturated heterocycles. The van der Waals surface area contributed by atoms with Crippen LogP contribution in [0, 0.1) is 11.8 Å². The minimum absolute atomic E-state index is 0.0333. The number of fused-ring (bicyclic) bond motifs is 3. The Bertz CT molecular complexity index is 1410. The monoisotopic (exact) mass is 487 g/mol. The van der Waals surface area contributed by atoms with Crippen molar-refractivity contribution in [3.05, 3.63) is 87.3 Å². The van der Waals surface area contributed by atoms with Crippen LogP contribution in [0.2, 0.25) is 0 Å². The van der Waals surface area contributed by atoms with Crippen LogP contribution in [0.3, 0.4) is 0 Å². The molecule has 2 aromatic carbocycles. The Morgan fingerprint density at radius 2 is 1.86 bits per heavy atom. The SMILES string of the molecule is O=C1c2c(O)c(=O)ccn2N2CN1CC1CC(COc3cccc4c3C2c2ccccc2SC4)C1. The molecule has 178 valence electrons. The second kappa shape index (κ2) is 7.81. The summed E-state index contributed by atoms with van der Waals surface area (Å²) in [6.07, 6.45) is 3.63. The fourth-order valence-electron chi connectivity index (χ4n) is 6.02. The van der Waals surface area contributed by atoms with Gasteiger partial charge in [-0.15, -0.1) is 11.8 Å². The van der Waals surface area contributed by atoms with Crippen LogP contribution < -0.4 is 15.2 Å². The molecule has 4 bridgehead atoms. The van der Waals surface area contributed by atoms with E-state index in [1.165, 1.54) is 16.5 Å². The van der Waals surface area contributed by atoms with Gasteiger partial charge >= 0.3 is 0 Å². The van der Waals surface area contributed by atoms with Gasteiger partial charge in [-0.2, -0.15) is 0 Å². The number of carbonyl (C=O) groups excluding carboxylic acids is 1. The van der Waals surface area contributed by atoms with E-state index < -0.39 is 11.2 Å². The van der Waals surface area contributed by atoms with Gasteiger partial charge in [-0.05, 0) is 47.9 Å². The molecule has 5 heterocycles. The molecule has 3 aromatic rings. The number of aromatic nitrogens is 1. The van der Waals surface area contributed by atoms with Gasteiger partial charge < -0.3 is 14.7 Å². The first-order chi connectivity index (χ1) is 17.1. The van der Waals surface area contributed by atoms with Gasteiger partial charge in [0.05, 0.1) is 6.61 Å². The van der Waals surface area contributed by atoms with E-state index in [0.717, 1.165) is 35.5 Å². The second-order valence-electron chi connectivity index (χ2n) is 9.90. The number of ether oxygens (including phenoxy) is 1. The summed E-state index contributed by atoms with van der Waals surface area (Å²) in [7, 11) is 0. The van der Waals surface area contributed by atoms with Gasteiger partial charge in [0.15, 0.2) is 11.4 Å². The van der Waals surface area contributed by atoms with Crippen molar-refractivity contribution >= 4 is 17.7 Å². The van der Waals surface area contributed by atoms with E-state index in [2.05, 4.69) is 29.3 Å². The smallest absolute Gasteiger partial charge is 0.277 e. The minimum atomic E-state index is -0.544. The van der Waals surface area contributed by atoms with Crippen molar-refractivity contribution in [2.24, 2.45) is 11.8 Å². The molecule has 1 amide bonds. The first-order valence-corrected chi connectivity index (χ1v) is 13.0. The molecule has 4 aliphatic heterocycles. The molecular weight excluding hydrogens is 462 g/mol. The third-order valence-electron chi connectivity index (χ3n) is 7.75. The van der Waals surface area contributed by atoms with E-state index in [9.17, 15) is 14.7 Å². The Labute approximate surface area is 206 Å². The molecule has 1 atom stereocenters. The summed E-state index contributed by atoms with van der Waals surface area (Å²) in [6.45, 7) is 1.63. The molecule has 1 aliphatic carbocycles. The standard InChI is InChI=1S/C27H25N3O4S/c31-20-8-9-29-25(26(20)32)27(33)28-12-16-10-17(11-16)13-34-21-6-3-4-18-14-35-22-7-2-1-5-19(22)24(23(18)21)30(29)15-28/h1-9,16-17,24,32H,10-15H2. The number of rotatable bonds is 0. The van der Waals surface area contributed by atoms with Crippen molar-refractivity contribution in [2.75, 3.05) is 24.8 Å². The van der Waals surface area contributed by atoms with E-state index in [-0.39, 0.29) is 17.6 Å². The average molecular weight is 488 g/mol. The normalized spacial score (nSPS) is 24.5. The average Bonchev–Trinajstić information content (AvgIpc) is 3.00. The maximum atomic E-state index is 13.6. The van der Waals surface area contributed by atoms with Crippen LogP contribution in [-0.4, -0.2) is 40.4 Å². The van der Waals surface area contributed by atoms with Crippen molar-refractivity contribution < 1.29 is 14.6 Å². The Hall–Kier alpha value is -3.39. The zero-order valence-electron chi connectivity index (χ0n) is 19.1. The molecule has 1 unspecified atom stereocenters. The number of amides is 1. The molecule has 35 heavy (non-hydrogen) atoms. The molecule has 8 heteroatoms. The highest BCUT2D eigenvalue weighted by Crippen LogP contribution is 2.47. The fourth-order valence-corrected chi connectivity index (χ4v) is 7.11. The lowest BCUT2D eigenvalue weighted by molar-refractivity contribution is 0.0486. The van der Waals surface area contributed by atoms with Crippen molar-refractivity contribution in [3.63, 3.8) is 0 Å². The Kier molecular flexibility index (Phi) is 4.67. The molecule has 1 saturated carbocycles. The van der Waals surface area contributed by atoms with Crippen molar-refractivity contribution in [3.8, 4) is 11.5 Å². The minimum Gasteiger partial charge on any atom is -0.502 e. The van der Waals surface area contributed by atoms with E-state index in [1.54, 1.807) is 27.5 Å². The van der Waals surface area contributed by atoms with E-state index >= 15 is 0 Å². The molecular formula is C27H25N3O4S. The first kappa shape index (κ1) is 20.9. The van der Waals surface area contributed by atoms with Crippen molar-refractivity contribution in [2.45, 2.75) is 29.5 Å². The van der Waals surface area contributed by atoms with Crippen LogP contribution >= 0.6 is 11.8 Å². The number of carbonyl (C=O) groups is 1. The molecule has 1 N–H and O–H groups in total. The van der Waals surface area contributed by atoms with Crippen LogP contribution in [0.4, 0.5) is 0 Å². The Morgan fingerprint density at radius 1 is 1.00 bits per heavy atom. The molecule has 5 aliphatic rings. The lowest BCUT2D eigenvalue weighted by Crippen LogP contribution is -2.57. The molecule has 1 fully saturated rings. The summed E-state index contributed by atoms with van der Waals surface area (Å²) in [5.41, 5.74) is 2.88. The summed E-state index contributed by atoms with van der Waals surface area (Å²) in [5, 5.41) is 12.9. The van der Waals surface area contributed by atoms with Crippen LogP contribution in [0.1, 0.15) is 46.1 Å². The number of thioether (sulfide) groups is 1. The topological polar surface area (TPSA) is 75.0 Å². The van der Waals surface area contributed by atoms with Gasteiger partial charge in [-0.25, -0.2) is 0 Å². The van der Waals surface area contributed by atoms with Gasteiger partial charge in [0.25, 0.3) is 5.91 Å². The Balaban J connectivity index is 1.52. The molecule has 7 nitrogen and oxygen atoms in total. The molecule has 0 spiro atoms. The summed E-state index contributed by atoms with van der Waals surface area (Å²) in [4.78, 5) is 28.9. The van der Waals surface area contributed by atoms with Crippen LogP contribution in [0.5, 0.6) is 11.5 Å². The number of pyridine rings is 1. The molecule has 8 rings (SSSR count). The summed E-state index contributed by atoms with van der Waals surface area (Å²) in [6, 6.07) is 15.7. The summed E-state index contributed by atoms with van der Waals surface area (Å²) < 4.78 is 8.18. The van der Waals surface area contributed by atoms with Gasteiger partial charge in [0.1, 0.15) is 18.5 Å². The van der Waals surface area contributed by atoms with Crippen LogP contribution in [0.25, 0.3) is 0 Å². The predicted octanol–water partition coefficient (Wildman–Crippen LogP) is 3.72. The van der Waals surface area contributed by atoms with E-state index in [4.69, 9.17) is 4.74 Å². The Morgan fingerprint density at radius 3 is 2.74 bits per heavy atom. The molecule has 1 aromatic heterocycles. The zero-order chi connectivity index (χ0) is 23.7.